The zero-order valence-electron chi connectivity index (χ0n) is 68.6. The topological polar surface area (TPSA) is 795 Å². The Hall–Kier alpha value is -5.00. The Labute approximate surface area is 781 Å². The van der Waals surface area contributed by atoms with Gasteiger partial charge in [-0.2, -0.15) is 33.7 Å². The standard InChI is InChI=1S/4C16H27NO11S.4Na/c4*1-3-5-6-7-28-13(4-2)17(10(15(21)22)8-14(19)20)12(18)9-11(16(23)24)29(25,26)27;;;;/h4*10-11,13H,3-9H2,1-2H3,(H,19,20)(H,21,22)(H,23,24)(H,25,26,27);;;;/q;;;;4*+1/p-4. The quantitative estimate of drug-likeness (QED) is 0.0116. The smallest absolute Gasteiger partial charge is 0.549 e. The number of carbonyl (C=O) groups is 16. The van der Waals surface area contributed by atoms with Crippen molar-refractivity contribution in [1.29, 1.82) is 0 Å². The summed E-state index contributed by atoms with van der Waals surface area (Å²) in [6, 6.07) is -7.78. The molecule has 0 saturated carbocycles. The number of amides is 4. The van der Waals surface area contributed by atoms with E-state index in [0.717, 1.165) is 51.4 Å². The summed E-state index contributed by atoms with van der Waals surface area (Å²) in [5.74, 6) is -27.4. The Bertz CT molecular complexity index is 3260. The van der Waals surface area contributed by atoms with Crippen molar-refractivity contribution in [3.63, 3.8) is 0 Å². The molecule has 672 valence electrons. The monoisotopic (exact) mass is 1850 g/mol. The predicted octanol–water partition coefficient (Wildman–Crippen LogP) is -15.7. The Morgan fingerprint density at radius 2 is 0.408 bits per heavy atom. The maximum atomic E-state index is 12.6. The van der Waals surface area contributed by atoms with E-state index in [9.17, 15) is 151 Å². The van der Waals surface area contributed by atoms with Crippen molar-refractivity contribution in [2.75, 3.05) is 26.4 Å². The molecule has 0 aromatic rings. The summed E-state index contributed by atoms with van der Waals surface area (Å²) >= 11 is 0. The van der Waals surface area contributed by atoms with Crippen LogP contribution in [0.4, 0.5) is 0 Å². The molecule has 0 saturated heterocycles. The van der Waals surface area contributed by atoms with Crippen molar-refractivity contribution in [2.24, 2.45) is 0 Å². The van der Waals surface area contributed by atoms with Gasteiger partial charge in [0.25, 0.3) is 40.5 Å². The molecule has 120 heavy (non-hydrogen) atoms. The van der Waals surface area contributed by atoms with Gasteiger partial charge in [0.15, 0.2) is 0 Å². The van der Waals surface area contributed by atoms with Gasteiger partial charge in [0.1, 0.15) is 70.1 Å². The first-order chi connectivity index (χ1) is 53.4. The predicted molar refractivity (Wildman–Crippen MR) is 380 cm³/mol. The Morgan fingerprint density at radius 3 is 0.500 bits per heavy atom. The van der Waals surface area contributed by atoms with E-state index in [2.05, 4.69) is 0 Å². The number of carboxylic acids is 12. The van der Waals surface area contributed by atoms with Crippen molar-refractivity contribution >= 4 is 136 Å². The van der Waals surface area contributed by atoms with Crippen LogP contribution in [0, 0.1) is 0 Å². The van der Waals surface area contributed by atoms with Crippen LogP contribution in [0.2, 0.25) is 0 Å². The minimum Gasteiger partial charge on any atom is -0.549 e. The number of rotatable bonds is 60. The Balaban J connectivity index is -0.000000230. The van der Waals surface area contributed by atoms with Crippen LogP contribution in [0.5, 0.6) is 0 Å². The van der Waals surface area contributed by atoms with Gasteiger partial charge in [0.05, 0.1) is 75.2 Å². The molecule has 0 aliphatic heterocycles. The summed E-state index contributed by atoms with van der Waals surface area (Å²) in [5.41, 5.74) is 0. The van der Waals surface area contributed by atoms with Crippen LogP contribution in [0.15, 0.2) is 0 Å². The van der Waals surface area contributed by atoms with Gasteiger partial charge in [0.2, 0.25) is 23.6 Å². The number of hydrogen-bond donors (Lipinski definition) is 12. The van der Waals surface area contributed by atoms with E-state index in [4.69, 9.17) is 57.6 Å². The molecule has 56 heteroatoms. The number of ether oxygens (including phenoxy) is 4. The molecular formula is C64H104N4Na4O44S4. The largest absolute Gasteiger partial charge is 1.00 e. The second-order valence-corrected chi connectivity index (χ2v) is 31.3. The number of carbonyl (C=O) groups excluding carboxylic acids is 8. The molecule has 12 atom stereocenters. The zero-order chi connectivity index (χ0) is 91.1. The van der Waals surface area contributed by atoms with Crippen molar-refractivity contribution in [2.45, 2.75) is 280 Å². The Kier molecular flexibility index (Phi) is 73.3. The molecule has 0 heterocycles. The van der Waals surface area contributed by atoms with E-state index in [-0.39, 0.29) is 170 Å². The van der Waals surface area contributed by atoms with Crippen LogP contribution in [-0.2, 0) is 136 Å². The molecule has 48 nitrogen and oxygen atoms in total. The van der Waals surface area contributed by atoms with Gasteiger partial charge in [0, 0.05) is 26.4 Å². The van der Waals surface area contributed by atoms with E-state index in [1.165, 1.54) is 27.7 Å². The normalized spacial score (nSPS) is 14.1. The summed E-state index contributed by atoms with van der Waals surface area (Å²) in [6.07, 6.45) is -5.66. The van der Waals surface area contributed by atoms with Crippen LogP contribution in [-0.4, -0.2) is 304 Å². The second kappa shape index (κ2) is 67.4. The van der Waals surface area contributed by atoms with Gasteiger partial charge in [-0.05, 0) is 51.4 Å². The summed E-state index contributed by atoms with van der Waals surface area (Å²) in [6.45, 7) is 14.2. The van der Waals surface area contributed by atoms with Crippen molar-refractivity contribution < 1.29 is 327 Å². The van der Waals surface area contributed by atoms with Gasteiger partial charge < -0.3 is 119 Å². The van der Waals surface area contributed by atoms with Crippen LogP contribution < -0.4 is 139 Å². The molecule has 0 aliphatic rings. The summed E-state index contributed by atoms with van der Waals surface area (Å²) in [7, 11) is -20.9. The van der Waals surface area contributed by atoms with Gasteiger partial charge >= 0.3 is 166 Å². The second-order valence-electron chi connectivity index (χ2n) is 24.9. The average molecular weight is 1850 g/mol. The van der Waals surface area contributed by atoms with Gasteiger partial charge in [-0.3, -0.25) is 56.6 Å². The summed E-state index contributed by atoms with van der Waals surface area (Å²) < 4.78 is 148. The third-order valence-corrected chi connectivity index (χ3v) is 20.2. The number of aliphatic carboxylic acids is 12. The molecule has 0 radical (unpaired) electrons. The van der Waals surface area contributed by atoms with E-state index in [1.54, 1.807) is 0 Å². The molecule has 0 spiro atoms. The molecule has 0 aliphatic carbocycles. The van der Waals surface area contributed by atoms with Crippen molar-refractivity contribution in [1.82, 2.24) is 19.6 Å². The molecule has 0 bridgehead atoms. The van der Waals surface area contributed by atoms with Crippen molar-refractivity contribution in [3.05, 3.63) is 0 Å². The molecule has 12 N–H and O–H groups in total. The zero-order valence-corrected chi connectivity index (χ0v) is 79.8. The third kappa shape index (κ3) is 53.4. The molecular weight excluding hydrogens is 1750 g/mol. The minimum atomic E-state index is -5.23. The van der Waals surface area contributed by atoms with Crippen LogP contribution >= 0.6 is 0 Å². The maximum absolute atomic E-state index is 12.6. The van der Waals surface area contributed by atoms with Crippen LogP contribution in [0.3, 0.4) is 0 Å². The van der Waals surface area contributed by atoms with Gasteiger partial charge in [-0.25, -0.2) is 19.2 Å². The van der Waals surface area contributed by atoms with Crippen molar-refractivity contribution in [3.8, 4) is 0 Å². The van der Waals surface area contributed by atoms with E-state index < -0.39 is 257 Å². The minimum absolute atomic E-state index is 0. The fourth-order valence-electron chi connectivity index (χ4n) is 10.2. The Morgan fingerprint density at radius 1 is 0.267 bits per heavy atom. The summed E-state index contributed by atoms with van der Waals surface area (Å²) in [5, 5.41) is 107. The number of hydrogen-bond acceptors (Lipinski definition) is 32. The molecule has 0 aromatic heterocycles. The number of nitrogens with zero attached hydrogens (tertiary/aromatic N) is 4. The SMILES string of the molecule is CCCCCOC(CC)N(C(=O)CC(C(=O)[O-])S(=O)(=O)O)C(CC(=O)O)C(=O)O.CCCCCOC(CC)N(C(=O)CC(C(=O)[O-])S(=O)(=O)O)C(CC(=O)O)C(=O)O.CCCCCOC(CC)N(C(=O)CC(C(=O)[O-])S(=O)(=O)O)C(CC(=O)O)C(=O)O.CCCCCOC(CC)N(C(=O)CC(C(=O)[O-])S(=O)(=O)O)C(CC(=O)O)C(=O)O.[Na+].[Na+].[Na+].[Na+]. The van der Waals surface area contributed by atoms with Crippen LogP contribution in [0.1, 0.15) is 209 Å². The molecule has 0 rings (SSSR count). The first kappa shape index (κ1) is 131. The van der Waals surface area contributed by atoms with E-state index >= 15 is 0 Å². The van der Waals surface area contributed by atoms with E-state index in [0.29, 0.717) is 45.3 Å². The fourth-order valence-corrected chi connectivity index (χ4v) is 12.6. The molecule has 0 fully saturated rings. The first-order valence-electron chi connectivity index (χ1n) is 35.6. The van der Waals surface area contributed by atoms with Gasteiger partial charge in [-0.15, -0.1) is 0 Å². The number of carboxylic acid groups (broad SMARTS) is 12. The summed E-state index contributed by atoms with van der Waals surface area (Å²) in [4.78, 5) is 187. The fraction of sp³-hybridized carbons (Fsp3) is 0.750. The third-order valence-electron chi connectivity index (χ3n) is 15.9. The molecule has 0 aromatic carbocycles. The van der Waals surface area contributed by atoms with E-state index in [1.807, 2.05) is 27.7 Å². The molecule has 12 unspecified atom stereocenters. The first-order valence-corrected chi connectivity index (χ1v) is 41.6. The average Bonchev–Trinajstić information content (AvgIpc) is 0.831. The van der Waals surface area contributed by atoms with Crippen LogP contribution in [0.25, 0.3) is 0 Å². The van der Waals surface area contributed by atoms with Gasteiger partial charge in [-0.1, -0.05) is 107 Å². The molecule has 4 amide bonds. The maximum Gasteiger partial charge on any atom is 1.00 e. The number of unbranched alkanes of at least 4 members (excludes halogenated alkanes) is 8.